The van der Waals surface area contributed by atoms with Gasteiger partial charge < -0.3 is 14.2 Å². The largest absolute Gasteiger partial charge is 0.495 e. The van der Waals surface area contributed by atoms with Crippen molar-refractivity contribution in [2.45, 2.75) is 32.8 Å². The van der Waals surface area contributed by atoms with E-state index in [1.165, 1.54) is 7.11 Å². The Morgan fingerprint density at radius 2 is 1.93 bits per heavy atom. The van der Waals surface area contributed by atoms with Crippen LogP contribution in [0.5, 0.6) is 17.2 Å². The Hall–Kier alpha value is -3.66. The van der Waals surface area contributed by atoms with E-state index in [0.717, 1.165) is 0 Å². The molecule has 0 saturated carbocycles. The number of ether oxygens (including phenoxy) is 3. The van der Waals surface area contributed by atoms with Crippen molar-refractivity contribution in [3.8, 4) is 23.3 Å². The van der Waals surface area contributed by atoms with Gasteiger partial charge in [-0.1, -0.05) is 0 Å². The predicted octanol–water partition coefficient (Wildman–Crippen LogP) is 4.19. The Labute approximate surface area is 168 Å². The number of carbonyl (C=O) groups excluding carboxylic acids is 1. The summed E-state index contributed by atoms with van der Waals surface area (Å²) in [7, 11) is 1.51. The number of pyridine rings is 2. The van der Waals surface area contributed by atoms with Crippen LogP contribution in [-0.2, 0) is 16.0 Å². The summed E-state index contributed by atoms with van der Waals surface area (Å²) < 4.78 is 16.5. The van der Waals surface area contributed by atoms with E-state index in [-0.39, 0.29) is 12.4 Å². The number of fused-ring (bicyclic) bond motifs is 1. The minimum atomic E-state index is -0.534. The van der Waals surface area contributed by atoms with Gasteiger partial charge in [-0.05, 0) is 45.0 Å². The third-order valence-corrected chi connectivity index (χ3v) is 3.91. The first kappa shape index (κ1) is 20.1. The SMILES string of the molecule is COc1cc2nccc(Oc3ccc(CC(=O)OC(C)(C)C)nc3)c2cc1C#N. The Morgan fingerprint density at radius 1 is 1.14 bits per heavy atom. The van der Waals surface area contributed by atoms with Gasteiger partial charge in [-0.15, -0.1) is 0 Å². The van der Waals surface area contributed by atoms with E-state index in [2.05, 4.69) is 16.0 Å². The zero-order valence-corrected chi connectivity index (χ0v) is 16.7. The second-order valence-electron chi connectivity index (χ2n) is 7.34. The molecule has 0 fully saturated rings. The first-order chi connectivity index (χ1) is 13.8. The highest BCUT2D eigenvalue weighted by Gasteiger charge is 2.17. The Morgan fingerprint density at radius 3 is 2.55 bits per heavy atom. The van der Waals surface area contributed by atoms with Crippen molar-refractivity contribution < 1.29 is 19.0 Å². The molecule has 0 atom stereocenters. The van der Waals surface area contributed by atoms with Crippen molar-refractivity contribution in [3.05, 3.63) is 54.0 Å². The summed E-state index contributed by atoms with van der Waals surface area (Å²) in [4.78, 5) is 20.5. The van der Waals surface area contributed by atoms with Crippen LogP contribution >= 0.6 is 0 Å². The monoisotopic (exact) mass is 391 g/mol. The molecule has 148 valence electrons. The molecule has 29 heavy (non-hydrogen) atoms. The second kappa shape index (κ2) is 8.15. The van der Waals surface area contributed by atoms with Gasteiger partial charge in [-0.25, -0.2) is 0 Å². The van der Waals surface area contributed by atoms with Crippen LogP contribution in [0.2, 0.25) is 0 Å². The van der Waals surface area contributed by atoms with E-state index < -0.39 is 5.60 Å². The average Bonchev–Trinajstić information content (AvgIpc) is 2.67. The predicted molar refractivity (Wildman–Crippen MR) is 107 cm³/mol. The number of hydrogen-bond donors (Lipinski definition) is 0. The fourth-order valence-electron chi connectivity index (χ4n) is 2.72. The summed E-state index contributed by atoms with van der Waals surface area (Å²) in [6.45, 7) is 5.46. The summed E-state index contributed by atoms with van der Waals surface area (Å²) in [6, 6.07) is 10.6. The molecule has 0 amide bonds. The Bertz CT molecular complexity index is 1080. The van der Waals surface area contributed by atoms with Crippen LogP contribution in [0.3, 0.4) is 0 Å². The van der Waals surface area contributed by atoms with Crippen LogP contribution in [-0.4, -0.2) is 28.6 Å². The van der Waals surface area contributed by atoms with Gasteiger partial charge in [0.05, 0.1) is 36.5 Å². The molecular weight excluding hydrogens is 370 g/mol. The Balaban J connectivity index is 1.81. The van der Waals surface area contributed by atoms with E-state index in [0.29, 0.717) is 39.4 Å². The Kier molecular flexibility index (Phi) is 5.64. The fourth-order valence-corrected chi connectivity index (χ4v) is 2.72. The molecule has 2 heterocycles. The number of hydrogen-bond acceptors (Lipinski definition) is 7. The molecule has 0 N–H and O–H groups in total. The van der Waals surface area contributed by atoms with Crippen molar-refractivity contribution >= 4 is 16.9 Å². The normalized spacial score (nSPS) is 11.0. The number of esters is 1. The first-order valence-electron chi connectivity index (χ1n) is 9.00. The molecule has 3 aromatic rings. The molecule has 0 radical (unpaired) electrons. The minimum absolute atomic E-state index is 0.0844. The van der Waals surface area contributed by atoms with Crippen molar-refractivity contribution in [2.24, 2.45) is 0 Å². The summed E-state index contributed by atoms with van der Waals surface area (Å²) in [5.41, 5.74) is 1.09. The van der Waals surface area contributed by atoms with E-state index in [9.17, 15) is 10.1 Å². The highest BCUT2D eigenvalue weighted by Crippen LogP contribution is 2.32. The average molecular weight is 391 g/mol. The third-order valence-electron chi connectivity index (χ3n) is 3.91. The lowest BCUT2D eigenvalue weighted by molar-refractivity contribution is -0.154. The number of carbonyl (C=O) groups is 1. The summed E-state index contributed by atoms with van der Waals surface area (Å²) in [5, 5.41) is 10.0. The summed E-state index contributed by atoms with van der Waals surface area (Å²) in [6.07, 6.45) is 3.25. The standard InChI is InChI=1S/C22H21N3O4/c1-22(2,3)29-21(26)10-15-5-6-16(13-25-15)28-19-7-8-24-18-11-20(27-4)14(12-23)9-17(18)19/h5-9,11,13H,10H2,1-4H3. The van der Waals surface area contributed by atoms with Crippen molar-refractivity contribution in [3.63, 3.8) is 0 Å². The molecule has 7 heteroatoms. The zero-order valence-electron chi connectivity index (χ0n) is 16.7. The summed E-state index contributed by atoms with van der Waals surface area (Å²) >= 11 is 0. The highest BCUT2D eigenvalue weighted by molar-refractivity contribution is 5.88. The number of benzene rings is 1. The second-order valence-corrected chi connectivity index (χ2v) is 7.34. The molecule has 0 aliphatic carbocycles. The molecular formula is C22H21N3O4. The maximum Gasteiger partial charge on any atom is 0.312 e. The lowest BCUT2D eigenvalue weighted by Crippen LogP contribution is -2.25. The number of nitriles is 1. The molecule has 0 saturated heterocycles. The van der Waals surface area contributed by atoms with E-state index in [1.807, 2.05) is 20.8 Å². The molecule has 3 rings (SSSR count). The van der Waals surface area contributed by atoms with Crippen LogP contribution in [0.15, 0.2) is 42.7 Å². The van der Waals surface area contributed by atoms with Gasteiger partial charge in [-0.2, -0.15) is 5.26 Å². The number of rotatable bonds is 5. The van der Waals surface area contributed by atoms with E-state index >= 15 is 0 Å². The van der Waals surface area contributed by atoms with Gasteiger partial charge in [0.25, 0.3) is 0 Å². The van der Waals surface area contributed by atoms with Crippen LogP contribution in [0.1, 0.15) is 32.0 Å². The number of methoxy groups -OCH3 is 1. The molecule has 1 aromatic carbocycles. The smallest absolute Gasteiger partial charge is 0.312 e. The molecule has 0 unspecified atom stereocenters. The fraction of sp³-hybridized carbons (Fsp3) is 0.273. The van der Waals surface area contributed by atoms with Gasteiger partial charge in [0, 0.05) is 17.6 Å². The van der Waals surface area contributed by atoms with Crippen LogP contribution in [0.4, 0.5) is 0 Å². The number of aromatic nitrogens is 2. The van der Waals surface area contributed by atoms with E-state index in [1.54, 1.807) is 42.7 Å². The zero-order chi connectivity index (χ0) is 21.0. The van der Waals surface area contributed by atoms with E-state index in [4.69, 9.17) is 14.2 Å². The quantitative estimate of drug-likeness (QED) is 0.602. The molecule has 0 spiro atoms. The minimum Gasteiger partial charge on any atom is -0.495 e. The lowest BCUT2D eigenvalue weighted by Gasteiger charge is -2.19. The van der Waals surface area contributed by atoms with Crippen LogP contribution in [0, 0.1) is 11.3 Å². The highest BCUT2D eigenvalue weighted by atomic mass is 16.6. The van der Waals surface area contributed by atoms with Gasteiger partial charge in [0.1, 0.15) is 28.9 Å². The van der Waals surface area contributed by atoms with Crippen molar-refractivity contribution in [2.75, 3.05) is 7.11 Å². The lowest BCUT2D eigenvalue weighted by atomic mass is 10.1. The van der Waals surface area contributed by atoms with Gasteiger partial charge >= 0.3 is 5.97 Å². The third kappa shape index (κ3) is 4.99. The maximum absolute atomic E-state index is 11.9. The molecule has 0 aliphatic rings. The molecule has 7 nitrogen and oxygen atoms in total. The number of nitrogens with zero attached hydrogens (tertiary/aromatic N) is 3. The van der Waals surface area contributed by atoms with Crippen molar-refractivity contribution in [1.29, 1.82) is 5.26 Å². The summed E-state index contributed by atoms with van der Waals surface area (Å²) in [5.74, 6) is 1.16. The maximum atomic E-state index is 11.9. The van der Waals surface area contributed by atoms with Gasteiger partial charge in [-0.3, -0.25) is 14.8 Å². The van der Waals surface area contributed by atoms with Gasteiger partial charge in [0.15, 0.2) is 0 Å². The first-order valence-corrected chi connectivity index (χ1v) is 9.00. The van der Waals surface area contributed by atoms with Crippen LogP contribution < -0.4 is 9.47 Å². The molecule has 0 aliphatic heterocycles. The molecule has 2 aromatic heterocycles. The van der Waals surface area contributed by atoms with Crippen molar-refractivity contribution in [1.82, 2.24) is 9.97 Å². The van der Waals surface area contributed by atoms with Gasteiger partial charge in [0.2, 0.25) is 0 Å². The topological polar surface area (TPSA) is 94.3 Å². The molecule has 0 bridgehead atoms. The van der Waals surface area contributed by atoms with Crippen LogP contribution in [0.25, 0.3) is 10.9 Å².